The van der Waals surface area contributed by atoms with Gasteiger partial charge in [-0.3, -0.25) is 0 Å². The Labute approximate surface area is 241 Å². The quantitative estimate of drug-likeness (QED) is 0.179. The number of nitrogens with two attached hydrogens (primary N) is 1. The van der Waals surface area contributed by atoms with Crippen LogP contribution in [0.1, 0.15) is 118 Å². The molecule has 6 N–H and O–H groups in total. The lowest BCUT2D eigenvalue weighted by atomic mass is 9.43. The zero-order valence-corrected chi connectivity index (χ0v) is 26.3. The van der Waals surface area contributed by atoms with Crippen molar-refractivity contribution in [1.29, 1.82) is 0 Å². The molecule has 0 amide bonds. The number of hydrogen-bond acceptors (Lipinski definition) is 5. The number of aliphatic hydroxyl groups is 2. The van der Waals surface area contributed by atoms with Crippen LogP contribution in [0.2, 0.25) is 0 Å². The fourth-order valence-electron chi connectivity index (χ4n) is 10.4. The first-order chi connectivity index (χ1) is 18.6. The van der Waals surface area contributed by atoms with Gasteiger partial charge in [0.15, 0.2) is 0 Å². The van der Waals surface area contributed by atoms with Gasteiger partial charge in [0.05, 0.1) is 12.2 Å². The predicted molar refractivity (Wildman–Crippen MR) is 163 cm³/mol. The van der Waals surface area contributed by atoms with Gasteiger partial charge in [0.25, 0.3) is 0 Å². The van der Waals surface area contributed by atoms with Crippen LogP contribution in [0.15, 0.2) is 0 Å². The Morgan fingerprint density at radius 1 is 0.846 bits per heavy atom. The Kier molecular flexibility index (Phi) is 11.3. The third-order valence-corrected chi connectivity index (χ3v) is 12.9. The maximum Gasteiger partial charge on any atom is 0.0577 e. The highest BCUT2D eigenvalue weighted by Gasteiger charge is 2.62. The summed E-state index contributed by atoms with van der Waals surface area (Å²) in [5, 5.41) is 29.6. The average molecular weight is 548 g/mol. The summed E-state index contributed by atoms with van der Waals surface area (Å²) in [7, 11) is 0. The summed E-state index contributed by atoms with van der Waals surface area (Å²) in [5.74, 6) is 4.29. The van der Waals surface area contributed by atoms with Crippen LogP contribution in [0.5, 0.6) is 0 Å². The number of fused-ring (bicyclic) bond motifs is 5. The molecule has 5 nitrogen and oxygen atoms in total. The third kappa shape index (κ3) is 6.90. The molecule has 0 aromatic rings. The smallest absolute Gasteiger partial charge is 0.0577 e. The van der Waals surface area contributed by atoms with Crippen molar-refractivity contribution in [1.82, 2.24) is 10.6 Å². The fourth-order valence-corrected chi connectivity index (χ4v) is 10.4. The highest BCUT2D eigenvalue weighted by molar-refractivity contribution is 5.12. The Hall–Kier alpha value is -0.200. The normalized spacial score (nSPS) is 41.6. The van der Waals surface area contributed by atoms with Crippen molar-refractivity contribution >= 4 is 0 Å². The highest BCUT2D eigenvalue weighted by atomic mass is 16.3. The van der Waals surface area contributed by atoms with E-state index in [1.807, 2.05) is 0 Å². The molecular formula is C34H65N3O2. The van der Waals surface area contributed by atoms with Crippen molar-refractivity contribution in [3.63, 3.8) is 0 Å². The van der Waals surface area contributed by atoms with Crippen molar-refractivity contribution in [3.05, 3.63) is 0 Å². The zero-order chi connectivity index (χ0) is 28.2. The molecule has 0 heterocycles. The zero-order valence-electron chi connectivity index (χ0n) is 26.3. The van der Waals surface area contributed by atoms with Gasteiger partial charge >= 0.3 is 0 Å². The van der Waals surface area contributed by atoms with Crippen molar-refractivity contribution in [2.45, 2.75) is 136 Å². The van der Waals surface area contributed by atoms with E-state index in [2.05, 4.69) is 45.3 Å². The predicted octanol–water partition coefficient (Wildman–Crippen LogP) is 5.73. The van der Waals surface area contributed by atoms with Gasteiger partial charge in [-0.2, -0.15) is 0 Å². The molecule has 0 aliphatic heterocycles. The van der Waals surface area contributed by atoms with Gasteiger partial charge in [-0.1, -0.05) is 34.6 Å². The van der Waals surface area contributed by atoms with E-state index in [9.17, 15) is 10.2 Å². The van der Waals surface area contributed by atoms with Gasteiger partial charge < -0.3 is 26.6 Å². The summed E-state index contributed by atoms with van der Waals surface area (Å²) in [6, 6.07) is 0.621. The van der Waals surface area contributed by atoms with Gasteiger partial charge in [-0.05, 0) is 162 Å². The number of rotatable bonds is 14. The summed E-state index contributed by atoms with van der Waals surface area (Å²) in [4.78, 5) is 0. The summed E-state index contributed by atoms with van der Waals surface area (Å²) < 4.78 is 0. The second kappa shape index (κ2) is 13.8. The molecule has 5 unspecified atom stereocenters. The van der Waals surface area contributed by atoms with E-state index in [1.54, 1.807) is 0 Å². The molecule has 4 saturated carbocycles. The van der Waals surface area contributed by atoms with Crippen LogP contribution in [0.25, 0.3) is 0 Å². The van der Waals surface area contributed by atoms with Crippen molar-refractivity contribution in [2.24, 2.45) is 58.0 Å². The van der Waals surface area contributed by atoms with Crippen molar-refractivity contribution in [2.75, 3.05) is 26.2 Å². The first-order valence-electron chi connectivity index (χ1n) is 17.1. The minimum absolute atomic E-state index is 0.119. The summed E-state index contributed by atoms with van der Waals surface area (Å²) in [6.07, 6.45) is 15.5. The van der Waals surface area contributed by atoms with Gasteiger partial charge in [-0.15, -0.1) is 0 Å². The number of nitrogens with one attached hydrogen (secondary N) is 2. The van der Waals surface area contributed by atoms with Gasteiger partial charge in [-0.25, -0.2) is 0 Å². The second-order valence-electron chi connectivity index (χ2n) is 15.4. The maximum atomic E-state index is 11.7. The minimum atomic E-state index is -0.169. The van der Waals surface area contributed by atoms with Gasteiger partial charge in [0, 0.05) is 6.04 Å². The second-order valence-corrected chi connectivity index (χ2v) is 15.4. The van der Waals surface area contributed by atoms with Crippen LogP contribution in [0, 0.1) is 52.3 Å². The molecule has 4 rings (SSSR count). The molecule has 0 aromatic carbocycles. The standard InChI is InChI=1S/C34H65N3O2/c1-23(2)30(38)12-9-24(3)27-10-11-28-32-29(14-16-34(27,28)5)33(4)15-13-26(21-25(33)22-31(32)39)37-20-8-19-36-18-7-6-17-35/h23-32,36-39H,6-22,35H2,1-5H3/t24?,25-,26-,27-,28?,29?,30?,31-,32?,33+,34-/m1/s1. The van der Waals surface area contributed by atoms with E-state index in [0.717, 1.165) is 57.8 Å². The molecule has 0 aromatic heterocycles. The molecular weight excluding hydrogens is 482 g/mol. The maximum absolute atomic E-state index is 11.7. The monoisotopic (exact) mass is 548 g/mol. The Bertz CT molecular complexity index is 748. The lowest BCUT2D eigenvalue weighted by Crippen LogP contribution is -2.59. The summed E-state index contributed by atoms with van der Waals surface area (Å²) in [6.45, 7) is 16.0. The van der Waals surface area contributed by atoms with E-state index in [1.165, 1.54) is 57.8 Å². The Balaban J connectivity index is 1.30. The lowest BCUT2D eigenvalue weighted by molar-refractivity contribution is -0.167. The van der Waals surface area contributed by atoms with E-state index < -0.39 is 0 Å². The molecule has 0 bridgehead atoms. The molecule has 0 spiro atoms. The van der Waals surface area contributed by atoms with Crippen LogP contribution < -0.4 is 16.4 Å². The summed E-state index contributed by atoms with van der Waals surface area (Å²) in [5.41, 5.74) is 6.35. The number of hydrogen-bond donors (Lipinski definition) is 5. The van der Waals surface area contributed by atoms with Crippen LogP contribution in [-0.2, 0) is 0 Å². The molecule has 4 fully saturated rings. The van der Waals surface area contributed by atoms with Gasteiger partial charge in [0.2, 0.25) is 0 Å². The average Bonchev–Trinajstić information content (AvgIpc) is 3.26. The summed E-state index contributed by atoms with van der Waals surface area (Å²) >= 11 is 0. The first kappa shape index (κ1) is 31.7. The highest BCUT2D eigenvalue weighted by Crippen LogP contribution is 2.68. The van der Waals surface area contributed by atoms with E-state index in [4.69, 9.17) is 5.73 Å². The van der Waals surface area contributed by atoms with Gasteiger partial charge in [0.1, 0.15) is 0 Å². The molecule has 4 aliphatic rings. The van der Waals surface area contributed by atoms with Crippen LogP contribution in [0.3, 0.4) is 0 Å². The van der Waals surface area contributed by atoms with E-state index >= 15 is 0 Å². The van der Waals surface area contributed by atoms with Crippen molar-refractivity contribution < 1.29 is 10.2 Å². The largest absolute Gasteiger partial charge is 0.393 e. The molecule has 0 saturated heterocycles. The van der Waals surface area contributed by atoms with E-state index in [0.29, 0.717) is 52.4 Å². The molecule has 0 radical (unpaired) electrons. The fraction of sp³-hybridized carbons (Fsp3) is 1.00. The Morgan fingerprint density at radius 2 is 1.56 bits per heavy atom. The molecule has 228 valence electrons. The van der Waals surface area contributed by atoms with Crippen molar-refractivity contribution in [3.8, 4) is 0 Å². The Morgan fingerprint density at radius 3 is 2.31 bits per heavy atom. The third-order valence-electron chi connectivity index (χ3n) is 12.9. The molecule has 5 heteroatoms. The topological polar surface area (TPSA) is 90.5 Å². The first-order valence-corrected chi connectivity index (χ1v) is 17.1. The van der Waals surface area contributed by atoms with Crippen LogP contribution in [0.4, 0.5) is 0 Å². The SMILES string of the molecule is CC(C)C(O)CCC(C)[C@H]1CCC2C3C(CC[C@@]21C)[C@@]1(C)CC[C@@H](NCCCNCCCCN)C[C@@H]1C[C@H]3O. The molecule has 39 heavy (non-hydrogen) atoms. The van der Waals surface area contributed by atoms with Crippen LogP contribution >= 0.6 is 0 Å². The molecule has 11 atom stereocenters. The number of unbranched alkanes of at least 4 members (excludes halogenated alkanes) is 1. The van der Waals surface area contributed by atoms with E-state index in [-0.39, 0.29) is 12.2 Å². The minimum Gasteiger partial charge on any atom is -0.393 e. The number of aliphatic hydroxyl groups excluding tert-OH is 2. The molecule has 4 aliphatic carbocycles. The lowest BCUT2D eigenvalue weighted by Gasteiger charge is -2.62. The van der Waals surface area contributed by atoms with Crippen LogP contribution in [-0.4, -0.2) is 54.6 Å².